The summed E-state index contributed by atoms with van der Waals surface area (Å²) >= 11 is 0. The van der Waals surface area contributed by atoms with Crippen LogP contribution in [0.15, 0.2) is 29.2 Å². The molecule has 5 atom stereocenters. The van der Waals surface area contributed by atoms with Gasteiger partial charge in [0, 0.05) is 0 Å². The highest BCUT2D eigenvalue weighted by Gasteiger charge is 2.63. The van der Waals surface area contributed by atoms with Crippen molar-refractivity contribution in [2.45, 2.75) is 42.5 Å². The van der Waals surface area contributed by atoms with Crippen LogP contribution in [0.2, 0.25) is 0 Å². The van der Waals surface area contributed by atoms with Gasteiger partial charge in [0.05, 0.1) is 11.5 Å². The summed E-state index contributed by atoms with van der Waals surface area (Å²) in [5.41, 5.74) is 0.984. The van der Waals surface area contributed by atoms with E-state index < -0.39 is 22.5 Å². The van der Waals surface area contributed by atoms with E-state index in [1.54, 1.807) is 12.1 Å². The average Bonchev–Trinajstić information content (AvgIpc) is 3.09. The Labute approximate surface area is 116 Å². The van der Waals surface area contributed by atoms with Crippen LogP contribution in [0.4, 0.5) is 0 Å². The van der Waals surface area contributed by atoms with Gasteiger partial charge < -0.3 is 14.2 Å². The molecular weight excluding hydrogens is 284 g/mol. The molecule has 3 saturated heterocycles. The molecule has 0 spiro atoms. The molecule has 0 saturated carbocycles. The Kier molecular flexibility index (Phi) is 2.71. The number of aryl methyl sites for hydroxylation is 1. The molecule has 0 aliphatic carbocycles. The van der Waals surface area contributed by atoms with E-state index in [0.29, 0.717) is 6.61 Å². The lowest BCUT2D eigenvalue weighted by atomic mass is 10.1. The van der Waals surface area contributed by atoms with E-state index in [-0.39, 0.29) is 23.2 Å². The molecule has 3 fully saturated rings. The van der Waals surface area contributed by atoms with Crippen LogP contribution in [0.1, 0.15) is 5.56 Å². The van der Waals surface area contributed by atoms with Crippen LogP contribution >= 0.6 is 0 Å². The maximum atomic E-state index is 12.3. The molecule has 0 N–H and O–H groups in total. The molecule has 0 aromatic heterocycles. The van der Waals surface area contributed by atoms with Gasteiger partial charge in [0.2, 0.25) is 0 Å². The summed E-state index contributed by atoms with van der Waals surface area (Å²) in [6.45, 7) is 2.32. The zero-order valence-electron chi connectivity index (χ0n) is 10.8. The predicted molar refractivity (Wildman–Crippen MR) is 66.5 cm³/mol. The summed E-state index contributed by atoms with van der Waals surface area (Å²) in [4.78, 5) is 0.125. The van der Waals surface area contributed by atoms with Crippen LogP contribution in [0, 0.1) is 6.92 Å². The summed E-state index contributed by atoms with van der Waals surface area (Å²) in [6.07, 6.45) is -1.84. The zero-order chi connectivity index (χ0) is 13.9. The topological polar surface area (TPSA) is 74.4 Å². The van der Waals surface area contributed by atoms with Gasteiger partial charge in [-0.05, 0) is 19.1 Å². The molecule has 0 radical (unpaired) electrons. The number of benzene rings is 1. The SMILES string of the molecule is Cc1ccc(S(=O)(=O)OC2[C@@H]3OC[C@@H](O3)[C@@H]3O[C@H]23)cc1. The van der Waals surface area contributed by atoms with Gasteiger partial charge in [0.25, 0.3) is 10.1 Å². The molecule has 20 heavy (non-hydrogen) atoms. The van der Waals surface area contributed by atoms with Gasteiger partial charge in [-0.25, -0.2) is 0 Å². The van der Waals surface area contributed by atoms with Crippen molar-refractivity contribution in [3.8, 4) is 0 Å². The lowest BCUT2D eigenvalue weighted by molar-refractivity contribution is -0.133. The molecule has 3 aliphatic rings. The van der Waals surface area contributed by atoms with E-state index >= 15 is 0 Å². The van der Waals surface area contributed by atoms with Gasteiger partial charge in [-0.15, -0.1) is 0 Å². The minimum Gasteiger partial charge on any atom is -0.364 e. The quantitative estimate of drug-likeness (QED) is 0.600. The first-order valence-corrected chi connectivity index (χ1v) is 7.88. The van der Waals surface area contributed by atoms with E-state index in [2.05, 4.69) is 0 Å². The Balaban J connectivity index is 1.57. The van der Waals surface area contributed by atoms with Crippen LogP contribution in [0.3, 0.4) is 0 Å². The minimum atomic E-state index is -3.85. The fourth-order valence-electron chi connectivity index (χ4n) is 2.65. The van der Waals surface area contributed by atoms with Crippen LogP contribution in [-0.4, -0.2) is 45.7 Å². The Bertz CT molecular complexity index is 625. The van der Waals surface area contributed by atoms with Crippen molar-refractivity contribution in [1.29, 1.82) is 0 Å². The number of hydrogen-bond donors (Lipinski definition) is 0. The van der Waals surface area contributed by atoms with E-state index in [1.807, 2.05) is 6.92 Å². The third-order valence-corrected chi connectivity index (χ3v) is 5.13. The summed E-state index contributed by atoms with van der Waals surface area (Å²) < 4.78 is 46.2. The largest absolute Gasteiger partial charge is 0.364 e. The third kappa shape index (κ3) is 1.97. The first-order chi connectivity index (χ1) is 9.54. The summed E-state index contributed by atoms with van der Waals surface area (Å²) in [7, 11) is -3.85. The Morgan fingerprint density at radius 1 is 1.15 bits per heavy atom. The summed E-state index contributed by atoms with van der Waals surface area (Å²) in [6, 6.07) is 6.51. The molecule has 1 aromatic carbocycles. The molecule has 6 nitrogen and oxygen atoms in total. The van der Waals surface area contributed by atoms with Crippen LogP contribution in [-0.2, 0) is 28.5 Å². The molecule has 7 heteroatoms. The number of rotatable bonds is 3. The van der Waals surface area contributed by atoms with Crippen LogP contribution in [0.5, 0.6) is 0 Å². The van der Waals surface area contributed by atoms with Crippen molar-refractivity contribution in [3.63, 3.8) is 0 Å². The van der Waals surface area contributed by atoms with E-state index in [1.165, 1.54) is 12.1 Å². The fraction of sp³-hybridized carbons (Fsp3) is 0.538. The van der Waals surface area contributed by atoms with E-state index in [0.717, 1.165) is 5.56 Å². The van der Waals surface area contributed by atoms with Crippen molar-refractivity contribution >= 4 is 10.1 Å². The second-order valence-corrected chi connectivity index (χ2v) is 6.84. The molecular formula is C13H14O6S. The lowest BCUT2D eigenvalue weighted by Gasteiger charge is -2.23. The number of fused-ring (bicyclic) bond motifs is 4. The Morgan fingerprint density at radius 2 is 1.90 bits per heavy atom. The monoisotopic (exact) mass is 298 g/mol. The first-order valence-electron chi connectivity index (χ1n) is 6.47. The second kappa shape index (κ2) is 4.25. The standard InChI is InChI=1S/C13H14O6S/c1-7-2-4-8(5-3-7)20(14,15)19-12-11-10(18-11)9-6-16-13(12)17-9/h2-5,9-13H,6H2,1H3/t9-,10+,11+,12?,13-/m1/s1. The highest BCUT2D eigenvalue weighted by Crippen LogP contribution is 2.43. The van der Waals surface area contributed by atoms with E-state index in [4.69, 9.17) is 18.4 Å². The zero-order valence-corrected chi connectivity index (χ0v) is 11.6. The van der Waals surface area contributed by atoms with Crippen molar-refractivity contribution in [1.82, 2.24) is 0 Å². The Morgan fingerprint density at radius 3 is 2.65 bits per heavy atom. The summed E-state index contributed by atoms with van der Waals surface area (Å²) in [5.74, 6) is 0. The van der Waals surface area contributed by atoms with Gasteiger partial charge in [-0.3, -0.25) is 4.18 Å². The third-order valence-electron chi connectivity index (χ3n) is 3.80. The maximum absolute atomic E-state index is 12.3. The molecule has 3 aliphatic heterocycles. The Hall–Kier alpha value is -0.990. The van der Waals surface area contributed by atoms with Gasteiger partial charge in [0.15, 0.2) is 12.4 Å². The van der Waals surface area contributed by atoms with Crippen molar-refractivity contribution < 1.29 is 26.8 Å². The predicted octanol–water partition coefficient (Wildman–Crippen LogP) is 0.591. The molecule has 2 bridgehead atoms. The number of hydrogen-bond acceptors (Lipinski definition) is 6. The first kappa shape index (κ1) is 12.7. The molecule has 0 amide bonds. The van der Waals surface area contributed by atoms with E-state index in [9.17, 15) is 8.42 Å². The van der Waals surface area contributed by atoms with Crippen molar-refractivity contribution in [2.24, 2.45) is 0 Å². The molecule has 1 aromatic rings. The molecule has 108 valence electrons. The van der Waals surface area contributed by atoms with Crippen LogP contribution < -0.4 is 0 Å². The smallest absolute Gasteiger partial charge is 0.297 e. The normalized spacial score (nSPS) is 38.5. The fourth-order valence-corrected chi connectivity index (χ4v) is 3.72. The highest BCUT2D eigenvalue weighted by molar-refractivity contribution is 7.86. The van der Waals surface area contributed by atoms with Crippen molar-refractivity contribution in [2.75, 3.05) is 6.61 Å². The molecule has 1 unspecified atom stereocenters. The van der Waals surface area contributed by atoms with Crippen LogP contribution in [0.25, 0.3) is 0 Å². The number of epoxide rings is 1. The highest BCUT2D eigenvalue weighted by atomic mass is 32.2. The molecule has 3 heterocycles. The van der Waals surface area contributed by atoms with Gasteiger partial charge >= 0.3 is 0 Å². The maximum Gasteiger partial charge on any atom is 0.297 e. The molecule has 4 rings (SSSR count). The van der Waals surface area contributed by atoms with Crippen molar-refractivity contribution in [3.05, 3.63) is 29.8 Å². The summed E-state index contributed by atoms with van der Waals surface area (Å²) in [5, 5.41) is 0. The lowest BCUT2D eigenvalue weighted by Crippen LogP contribution is -2.42. The van der Waals surface area contributed by atoms with Gasteiger partial charge in [-0.1, -0.05) is 17.7 Å². The second-order valence-electron chi connectivity index (χ2n) is 5.27. The van der Waals surface area contributed by atoms with Gasteiger partial charge in [-0.2, -0.15) is 8.42 Å². The average molecular weight is 298 g/mol. The number of ether oxygens (including phenoxy) is 3. The van der Waals surface area contributed by atoms with Gasteiger partial charge in [0.1, 0.15) is 18.3 Å². The minimum absolute atomic E-state index is 0.0908.